The van der Waals surface area contributed by atoms with E-state index in [4.69, 9.17) is 12.2 Å². The third-order valence-corrected chi connectivity index (χ3v) is 6.03. The van der Waals surface area contributed by atoms with Crippen LogP contribution < -0.4 is 5.56 Å². The van der Waals surface area contributed by atoms with Gasteiger partial charge in [-0.3, -0.25) is 9.36 Å². The van der Waals surface area contributed by atoms with E-state index in [1.165, 1.54) is 24.8 Å². The van der Waals surface area contributed by atoms with Gasteiger partial charge >= 0.3 is 0 Å². The van der Waals surface area contributed by atoms with Gasteiger partial charge in [0.15, 0.2) is 4.77 Å². The van der Waals surface area contributed by atoms with E-state index >= 15 is 0 Å². The molecule has 4 rings (SSSR count). The first-order valence-electron chi connectivity index (χ1n) is 8.06. The monoisotopic (exact) mass is 342 g/mol. The maximum Gasteiger partial charge on any atom is 0.272 e. The largest absolute Gasteiger partial charge is 0.330 e. The molecule has 1 aliphatic carbocycles. The summed E-state index contributed by atoms with van der Waals surface area (Å²) in [6.45, 7) is 0.671. The molecule has 1 N–H and O–H groups in total. The smallest absolute Gasteiger partial charge is 0.272 e. The minimum atomic E-state index is 0.0429. The Morgan fingerprint density at radius 3 is 2.96 bits per heavy atom. The third kappa shape index (κ3) is 2.68. The van der Waals surface area contributed by atoms with Crippen molar-refractivity contribution >= 4 is 43.9 Å². The second-order valence-corrected chi connectivity index (χ2v) is 7.49. The van der Waals surface area contributed by atoms with Crippen LogP contribution >= 0.6 is 23.6 Å². The number of benzene rings is 1. The van der Waals surface area contributed by atoms with Crippen LogP contribution in [0.15, 0.2) is 40.7 Å². The molecule has 0 atom stereocenters. The van der Waals surface area contributed by atoms with Crippen LogP contribution in [0.1, 0.15) is 32.1 Å². The van der Waals surface area contributed by atoms with Crippen LogP contribution in [0.2, 0.25) is 0 Å². The number of allylic oxidation sites excluding steroid dienone is 2. The third-order valence-electron chi connectivity index (χ3n) is 4.55. The highest BCUT2D eigenvalue weighted by atomic mass is 32.1. The van der Waals surface area contributed by atoms with E-state index in [0.29, 0.717) is 11.3 Å². The fraction of sp³-hybridized carbons (Fsp3) is 0.333. The summed E-state index contributed by atoms with van der Waals surface area (Å²) in [4.78, 5) is 16.1. The minimum absolute atomic E-state index is 0.0429. The Labute approximate surface area is 143 Å². The van der Waals surface area contributed by atoms with Crippen molar-refractivity contribution in [1.82, 2.24) is 9.55 Å². The summed E-state index contributed by atoms with van der Waals surface area (Å²) in [5, 5.41) is 1.08. The van der Waals surface area contributed by atoms with Crippen molar-refractivity contribution in [1.29, 1.82) is 0 Å². The van der Waals surface area contributed by atoms with Crippen molar-refractivity contribution < 1.29 is 0 Å². The van der Waals surface area contributed by atoms with Crippen LogP contribution in [0.3, 0.4) is 0 Å². The molecule has 2 aromatic heterocycles. The van der Waals surface area contributed by atoms with Gasteiger partial charge in [-0.2, -0.15) is 0 Å². The van der Waals surface area contributed by atoms with E-state index < -0.39 is 0 Å². The molecule has 0 bridgehead atoms. The Hall–Kier alpha value is -1.72. The summed E-state index contributed by atoms with van der Waals surface area (Å²) < 4.78 is 4.15. The Bertz CT molecular complexity index is 1020. The molecular weight excluding hydrogens is 324 g/mol. The van der Waals surface area contributed by atoms with Crippen molar-refractivity contribution in [3.8, 4) is 0 Å². The van der Waals surface area contributed by atoms with Crippen LogP contribution in [-0.4, -0.2) is 9.55 Å². The van der Waals surface area contributed by atoms with Crippen LogP contribution in [0.25, 0.3) is 20.3 Å². The van der Waals surface area contributed by atoms with Crippen LogP contribution in [0.4, 0.5) is 0 Å². The van der Waals surface area contributed by atoms with Gasteiger partial charge in [-0.1, -0.05) is 29.8 Å². The highest BCUT2D eigenvalue weighted by Crippen LogP contribution is 2.30. The first kappa shape index (κ1) is 14.8. The molecule has 1 aromatic carbocycles. The van der Waals surface area contributed by atoms with Gasteiger partial charge in [0.2, 0.25) is 0 Å². The van der Waals surface area contributed by atoms with Gasteiger partial charge < -0.3 is 4.98 Å². The molecule has 1 aliphatic rings. The highest BCUT2D eigenvalue weighted by Gasteiger charge is 2.12. The fourth-order valence-corrected chi connectivity index (χ4v) is 4.68. The summed E-state index contributed by atoms with van der Waals surface area (Å²) in [6, 6.07) is 8.08. The fourth-order valence-electron chi connectivity index (χ4n) is 3.30. The normalized spacial score (nSPS) is 15.2. The predicted octanol–water partition coefficient (Wildman–Crippen LogP) is 5.16. The van der Waals surface area contributed by atoms with Crippen LogP contribution in [0, 0.1) is 4.77 Å². The number of rotatable bonds is 3. The minimum Gasteiger partial charge on any atom is -0.330 e. The quantitative estimate of drug-likeness (QED) is 0.527. The first-order chi connectivity index (χ1) is 11.2. The SMILES string of the molecule is O=c1c2sc3ccccc3c2[nH]c(=S)n1CCC1=CCCCC1. The lowest BCUT2D eigenvalue weighted by atomic mass is 9.97. The molecule has 5 heteroatoms. The molecule has 118 valence electrons. The lowest BCUT2D eigenvalue weighted by Gasteiger charge is -2.13. The lowest BCUT2D eigenvalue weighted by Crippen LogP contribution is -2.21. The average molecular weight is 342 g/mol. The number of aromatic amines is 1. The van der Waals surface area contributed by atoms with Crippen molar-refractivity contribution in [3.05, 3.63) is 51.0 Å². The molecule has 3 aromatic rings. The van der Waals surface area contributed by atoms with Crippen LogP contribution in [0.5, 0.6) is 0 Å². The maximum absolute atomic E-state index is 12.9. The number of aromatic nitrogens is 2. The van der Waals surface area contributed by atoms with E-state index in [2.05, 4.69) is 11.1 Å². The zero-order valence-electron chi connectivity index (χ0n) is 12.8. The molecule has 0 aliphatic heterocycles. The highest BCUT2D eigenvalue weighted by molar-refractivity contribution is 7.71. The van der Waals surface area contributed by atoms with Gasteiger partial charge in [0, 0.05) is 16.6 Å². The number of thiophene rings is 1. The standard InChI is InChI=1S/C18H18N2OS2/c21-17-16-15(13-8-4-5-9-14(13)23-16)19-18(22)20(17)11-10-12-6-2-1-3-7-12/h4-6,8-9H,1-3,7,10-11H2,(H,19,22). The molecule has 2 heterocycles. The maximum atomic E-state index is 12.9. The number of hydrogen-bond acceptors (Lipinski definition) is 3. The molecule has 0 radical (unpaired) electrons. The number of nitrogens with zero attached hydrogens (tertiary/aromatic N) is 1. The van der Waals surface area contributed by atoms with Crippen molar-refractivity contribution in [3.63, 3.8) is 0 Å². The van der Waals surface area contributed by atoms with E-state index in [-0.39, 0.29) is 5.56 Å². The average Bonchev–Trinajstić information content (AvgIpc) is 2.95. The summed E-state index contributed by atoms with van der Waals surface area (Å²) in [5.74, 6) is 0. The van der Waals surface area contributed by atoms with Crippen molar-refractivity contribution in [2.75, 3.05) is 0 Å². The van der Waals surface area contributed by atoms with Gasteiger partial charge in [-0.25, -0.2) is 0 Å². The Morgan fingerprint density at radius 2 is 2.13 bits per heavy atom. The summed E-state index contributed by atoms with van der Waals surface area (Å²) >= 11 is 7.00. The number of fused-ring (bicyclic) bond motifs is 3. The number of H-pyrrole nitrogens is 1. The van der Waals surface area contributed by atoms with Gasteiger partial charge in [0.1, 0.15) is 4.70 Å². The summed E-state index contributed by atoms with van der Waals surface area (Å²) in [5.41, 5.74) is 2.39. The van der Waals surface area contributed by atoms with Gasteiger partial charge in [-0.05, 0) is 50.4 Å². The van der Waals surface area contributed by atoms with Crippen molar-refractivity contribution in [2.24, 2.45) is 0 Å². The number of hydrogen-bond donors (Lipinski definition) is 1. The van der Waals surface area contributed by atoms with E-state index in [1.54, 1.807) is 15.9 Å². The summed E-state index contributed by atoms with van der Waals surface area (Å²) in [6.07, 6.45) is 8.15. The molecule has 0 saturated carbocycles. The number of nitrogens with one attached hydrogen (secondary N) is 1. The van der Waals surface area contributed by atoms with Gasteiger partial charge in [0.25, 0.3) is 5.56 Å². The molecule has 0 saturated heterocycles. The second kappa shape index (κ2) is 6.06. The topological polar surface area (TPSA) is 37.8 Å². The molecule has 23 heavy (non-hydrogen) atoms. The Balaban J connectivity index is 1.78. The first-order valence-corrected chi connectivity index (χ1v) is 9.29. The molecule has 0 spiro atoms. The molecule has 0 amide bonds. The molecule has 0 unspecified atom stereocenters. The van der Waals surface area contributed by atoms with Gasteiger partial charge in [0.05, 0.1) is 5.52 Å². The Morgan fingerprint density at radius 1 is 1.26 bits per heavy atom. The molecule has 3 nitrogen and oxygen atoms in total. The lowest BCUT2D eigenvalue weighted by molar-refractivity contribution is 0.606. The Kier molecular flexibility index (Phi) is 3.91. The van der Waals surface area contributed by atoms with Crippen molar-refractivity contribution in [2.45, 2.75) is 38.6 Å². The zero-order chi connectivity index (χ0) is 15.8. The van der Waals surface area contributed by atoms with E-state index in [0.717, 1.165) is 33.1 Å². The molecular formula is C18H18N2OS2. The zero-order valence-corrected chi connectivity index (χ0v) is 14.4. The van der Waals surface area contributed by atoms with E-state index in [1.807, 2.05) is 24.3 Å². The predicted molar refractivity (Wildman–Crippen MR) is 99.9 cm³/mol. The van der Waals surface area contributed by atoms with Crippen LogP contribution in [-0.2, 0) is 6.54 Å². The van der Waals surface area contributed by atoms with Gasteiger partial charge in [-0.15, -0.1) is 11.3 Å². The summed E-state index contributed by atoms with van der Waals surface area (Å²) in [7, 11) is 0. The molecule has 0 fully saturated rings. The second-order valence-electron chi connectivity index (χ2n) is 6.05. The van der Waals surface area contributed by atoms with E-state index in [9.17, 15) is 4.79 Å².